The molecule has 0 unspecified atom stereocenters. The number of rotatable bonds is 8. The van der Waals surface area contributed by atoms with E-state index in [0.717, 1.165) is 123 Å². The molecule has 24 heteroatoms. The number of morpholine rings is 2. The average Bonchev–Trinajstić information content (AvgIpc) is 4.22. The van der Waals surface area contributed by atoms with Gasteiger partial charge in [-0.15, -0.1) is 24.0 Å². The van der Waals surface area contributed by atoms with Crippen molar-refractivity contribution in [2.24, 2.45) is 9.98 Å². The number of imidazole rings is 2. The van der Waals surface area contributed by atoms with Crippen LogP contribution in [0.2, 0.25) is 0 Å². The first kappa shape index (κ1) is 57.4. The molecule has 2 saturated heterocycles. The van der Waals surface area contributed by atoms with Crippen molar-refractivity contribution in [3.8, 4) is 22.5 Å². The topological polar surface area (TPSA) is 274 Å². The molecule has 4 aromatic heterocycles. The van der Waals surface area contributed by atoms with Crippen molar-refractivity contribution < 1.29 is 40.9 Å². The number of halogens is 1. The van der Waals surface area contributed by atoms with Gasteiger partial charge in [0.05, 0.1) is 63.4 Å². The van der Waals surface area contributed by atoms with E-state index in [1.165, 1.54) is 33.6 Å². The predicted molar refractivity (Wildman–Crippen MR) is 306 cm³/mol. The molecule has 4 aliphatic rings. The van der Waals surface area contributed by atoms with Gasteiger partial charge >= 0.3 is 0 Å². The molecule has 75 heavy (non-hydrogen) atoms. The lowest BCUT2D eigenvalue weighted by molar-refractivity contribution is 0.122. The van der Waals surface area contributed by atoms with Crippen molar-refractivity contribution in [2.45, 2.75) is 20.5 Å². The lowest BCUT2D eigenvalue weighted by Crippen LogP contribution is -2.36. The lowest BCUT2D eigenvalue weighted by Gasteiger charge is -2.28. The maximum atomic E-state index is 9.19. The number of hydrogen-bond acceptors (Lipinski definition) is 16. The molecule has 8 aromatic rings. The van der Waals surface area contributed by atoms with E-state index in [9.17, 15) is 16.8 Å². The zero-order valence-electron chi connectivity index (χ0n) is 40.3. The van der Waals surface area contributed by atoms with Crippen LogP contribution in [0, 0.1) is 0 Å². The van der Waals surface area contributed by atoms with Gasteiger partial charge in [0, 0.05) is 110 Å². The van der Waals surface area contributed by atoms with Crippen LogP contribution >= 0.6 is 24.0 Å². The van der Waals surface area contributed by atoms with Gasteiger partial charge in [0.25, 0.3) is 20.2 Å². The summed E-state index contributed by atoms with van der Waals surface area (Å²) in [5, 5.41) is 6.93. The van der Waals surface area contributed by atoms with Crippen LogP contribution in [-0.2, 0) is 42.8 Å². The van der Waals surface area contributed by atoms with Gasteiger partial charge < -0.3 is 44.2 Å². The third kappa shape index (κ3) is 15.6. The van der Waals surface area contributed by atoms with Gasteiger partial charge in [-0.2, -0.15) is 16.8 Å². The van der Waals surface area contributed by atoms with E-state index in [0.29, 0.717) is 12.5 Å². The average molecular weight is 1180 g/mol. The molecule has 4 aromatic carbocycles. The third-order valence-electron chi connectivity index (χ3n) is 11.6. The molecule has 4 aliphatic heterocycles. The third-order valence-corrected chi connectivity index (χ3v) is 11.6. The first-order valence-corrected chi connectivity index (χ1v) is 26.5. The number of benzene rings is 4. The minimum atomic E-state index is -3.67. The van der Waals surface area contributed by atoms with Crippen LogP contribution in [0.15, 0.2) is 132 Å². The highest BCUT2D eigenvalue weighted by Crippen LogP contribution is 2.30. The molecular weight excluding hydrogens is 1120 g/mol. The van der Waals surface area contributed by atoms with E-state index in [2.05, 4.69) is 125 Å². The summed E-state index contributed by atoms with van der Waals surface area (Å²) in [6.45, 7) is 8.30. The van der Waals surface area contributed by atoms with Gasteiger partial charge in [0.15, 0.2) is 22.9 Å². The smallest absolute Gasteiger partial charge is 0.261 e. The standard InChI is InChI=1S/2C24H22N6O.2CH4O3S.CH4.HI.H2O/c2*1-2-18-14-25-15-19(18)13-17(1)22-16-30-8-7-26-24(30)23(28-22)27-20-3-5-21(6-4-20)29-9-11-31-12-10-29;2*1-5(2,3)4;;;/h2*1-8,13-14,16H,9-12,15H2,(H,27,28);2*1H3,(H,2,3,4);1H4;1H;1H2. The van der Waals surface area contributed by atoms with Crippen molar-refractivity contribution in [3.05, 3.63) is 144 Å². The normalized spacial score (nSPS) is 14.3. The fraction of sp³-hybridized carbons (Fsp3) is 0.255. The number of hydrogen-bond donors (Lipinski definition) is 4. The Balaban J connectivity index is 0.000000200. The molecule has 0 bridgehead atoms. The van der Waals surface area contributed by atoms with Crippen molar-refractivity contribution in [1.82, 2.24) is 28.7 Å². The summed E-state index contributed by atoms with van der Waals surface area (Å²) in [5.41, 5.74) is 14.8. The quantitative estimate of drug-likeness (QED) is 0.0861. The van der Waals surface area contributed by atoms with Crippen LogP contribution in [0.4, 0.5) is 34.4 Å². The maximum Gasteiger partial charge on any atom is 0.261 e. The first-order chi connectivity index (χ1) is 34.7. The van der Waals surface area contributed by atoms with E-state index in [1.54, 1.807) is 12.4 Å². The fourth-order valence-corrected chi connectivity index (χ4v) is 8.28. The van der Waals surface area contributed by atoms with Crippen LogP contribution < -0.4 is 20.4 Å². The Morgan fingerprint density at radius 1 is 0.560 bits per heavy atom. The van der Waals surface area contributed by atoms with Crippen molar-refractivity contribution in [2.75, 3.05) is 85.6 Å². The molecule has 12 rings (SSSR count). The molecule has 0 spiro atoms. The molecule has 396 valence electrons. The highest BCUT2D eigenvalue weighted by Gasteiger charge is 2.17. The van der Waals surface area contributed by atoms with Crippen LogP contribution in [0.3, 0.4) is 0 Å². The molecule has 0 saturated carbocycles. The number of nitrogens with one attached hydrogen (secondary N) is 2. The van der Waals surface area contributed by atoms with E-state index in [4.69, 9.17) is 28.5 Å². The Hall–Kier alpha value is -6.91. The molecule has 21 nitrogen and oxygen atoms in total. The number of nitrogens with zero attached hydrogens (tertiary/aromatic N) is 10. The van der Waals surface area contributed by atoms with Crippen LogP contribution in [0.1, 0.15) is 29.7 Å². The first-order valence-electron chi connectivity index (χ1n) is 22.8. The number of anilines is 6. The van der Waals surface area contributed by atoms with Gasteiger partial charge in [0.2, 0.25) is 0 Å². The number of fused-ring (bicyclic) bond motifs is 4. The Morgan fingerprint density at radius 2 is 0.920 bits per heavy atom. The Kier molecular flexibility index (Phi) is 19.5. The van der Waals surface area contributed by atoms with Gasteiger partial charge in [0.1, 0.15) is 0 Å². The van der Waals surface area contributed by atoms with Crippen molar-refractivity contribution in [1.29, 1.82) is 0 Å². The zero-order valence-corrected chi connectivity index (χ0v) is 44.3. The molecule has 0 aliphatic carbocycles. The van der Waals surface area contributed by atoms with E-state index >= 15 is 0 Å². The number of ether oxygens (including phenoxy) is 2. The molecule has 0 atom stereocenters. The Bertz CT molecular complexity index is 3250. The van der Waals surface area contributed by atoms with E-state index in [-0.39, 0.29) is 36.9 Å². The van der Waals surface area contributed by atoms with E-state index in [1.807, 2.05) is 46.0 Å². The molecule has 8 heterocycles. The molecule has 2 fully saturated rings. The minimum Gasteiger partial charge on any atom is -0.412 e. The summed E-state index contributed by atoms with van der Waals surface area (Å²) in [6.07, 6.45) is 16.8. The summed E-state index contributed by atoms with van der Waals surface area (Å²) in [7, 11) is -7.33. The van der Waals surface area contributed by atoms with Crippen LogP contribution in [0.25, 0.3) is 33.8 Å². The van der Waals surface area contributed by atoms with Gasteiger partial charge in [-0.05, 0) is 82.9 Å². The summed E-state index contributed by atoms with van der Waals surface area (Å²) >= 11 is 0. The second-order valence-electron chi connectivity index (χ2n) is 17.0. The summed E-state index contributed by atoms with van der Waals surface area (Å²) in [6, 6.07) is 29.7. The van der Waals surface area contributed by atoms with Gasteiger partial charge in [-0.25, -0.2) is 19.9 Å². The largest absolute Gasteiger partial charge is 0.412 e. The monoisotopic (exact) mass is 1170 g/mol. The second-order valence-corrected chi connectivity index (χ2v) is 20.0. The Morgan fingerprint density at radius 3 is 1.28 bits per heavy atom. The predicted octanol–water partition coefficient (Wildman–Crippen LogP) is 7.26. The summed E-state index contributed by atoms with van der Waals surface area (Å²) in [4.78, 5) is 32.2. The van der Waals surface area contributed by atoms with Crippen molar-refractivity contribution >= 4 is 102 Å². The summed E-state index contributed by atoms with van der Waals surface area (Å²) < 4.78 is 66.7. The number of aromatic nitrogens is 6. The molecule has 0 radical (unpaired) electrons. The maximum absolute atomic E-state index is 9.19. The SMILES string of the molecule is C.C1=NCc2cc(-c3cn4ccnc4c(Nc4ccc(N5CCOCC5)cc4)n3)ccc21.C1=NCc2cc(-c3cn4ccnc4c(Nc4ccc(N5CCOCC5)cc4)n3)ccc21.CS(=O)(=O)O.CS(=O)(=O)O.I.O. The van der Waals surface area contributed by atoms with Gasteiger partial charge in [-0.3, -0.25) is 19.1 Å². The number of aliphatic imine (C=N–C) groups is 2. The summed E-state index contributed by atoms with van der Waals surface area (Å²) in [5.74, 6) is 1.47. The molecular formula is C51H59IN12O9S2. The van der Waals surface area contributed by atoms with Crippen LogP contribution in [0.5, 0.6) is 0 Å². The minimum absolute atomic E-state index is 0. The molecule has 0 amide bonds. The lowest BCUT2D eigenvalue weighted by atomic mass is 10.0. The van der Waals surface area contributed by atoms with Crippen LogP contribution in [-0.4, -0.2) is 138 Å². The highest BCUT2D eigenvalue weighted by atomic mass is 127. The van der Waals surface area contributed by atoms with Crippen molar-refractivity contribution in [3.63, 3.8) is 0 Å². The fourth-order valence-electron chi connectivity index (χ4n) is 8.28. The zero-order chi connectivity index (χ0) is 50.2. The second kappa shape index (κ2) is 25.6. The molecule has 6 N–H and O–H groups in total. The highest BCUT2D eigenvalue weighted by molar-refractivity contribution is 14.0. The Labute approximate surface area is 452 Å². The van der Waals surface area contributed by atoms with E-state index < -0.39 is 20.2 Å². The van der Waals surface area contributed by atoms with Gasteiger partial charge in [-0.1, -0.05) is 31.7 Å².